The van der Waals surface area contributed by atoms with Gasteiger partial charge >= 0.3 is 0 Å². The number of aryl methyl sites for hydroxylation is 1. The minimum atomic E-state index is -0.0786. The lowest BCUT2D eigenvalue weighted by Crippen LogP contribution is -2.15. The fraction of sp³-hybridized carbons (Fsp3) is 0.778. The SMILES string of the molecule is CC(N)c1ncn(CCCN(C)C)n1. The molecule has 0 aliphatic rings. The smallest absolute Gasteiger partial charge is 0.166 e. The van der Waals surface area contributed by atoms with E-state index >= 15 is 0 Å². The monoisotopic (exact) mass is 197 g/mol. The predicted octanol–water partition coefficient (Wildman–Crippen LogP) is 0.250. The second-order valence-corrected chi connectivity index (χ2v) is 3.81. The first-order valence-corrected chi connectivity index (χ1v) is 4.89. The standard InChI is InChI=1S/C9H19N5/c1-8(10)9-11-7-14(12-9)6-4-5-13(2)3/h7-8H,4-6,10H2,1-3H3. The van der Waals surface area contributed by atoms with Crippen LogP contribution in [0.5, 0.6) is 0 Å². The first kappa shape index (κ1) is 11.1. The van der Waals surface area contributed by atoms with Crippen LogP contribution in [0.2, 0.25) is 0 Å². The van der Waals surface area contributed by atoms with Crippen LogP contribution in [0, 0.1) is 0 Å². The van der Waals surface area contributed by atoms with Crippen LogP contribution >= 0.6 is 0 Å². The lowest BCUT2D eigenvalue weighted by atomic mass is 10.3. The highest BCUT2D eigenvalue weighted by molar-refractivity contribution is 4.87. The molecule has 0 bridgehead atoms. The zero-order chi connectivity index (χ0) is 10.6. The normalized spacial score (nSPS) is 13.5. The van der Waals surface area contributed by atoms with E-state index in [1.807, 2.05) is 11.6 Å². The summed E-state index contributed by atoms with van der Waals surface area (Å²) in [7, 11) is 4.13. The van der Waals surface area contributed by atoms with Crippen LogP contribution in [-0.4, -0.2) is 40.3 Å². The van der Waals surface area contributed by atoms with Gasteiger partial charge in [-0.3, -0.25) is 4.68 Å². The molecule has 0 aromatic carbocycles. The second kappa shape index (κ2) is 5.07. The van der Waals surface area contributed by atoms with E-state index in [0.717, 1.165) is 25.3 Å². The molecule has 2 N–H and O–H groups in total. The van der Waals surface area contributed by atoms with E-state index in [4.69, 9.17) is 5.73 Å². The molecule has 0 aliphatic heterocycles. The van der Waals surface area contributed by atoms with Gasteiger partial charge in [0, 0.05) is 6.54 Å². The van der Waals surface area contributed by atoms with Gasteiger partial charge in [0.2, 0.25) is 0 Å². The molecule has 1 atom stereocenters. The topological polar surface area (TPSA) is 60.0 Å². The van der Waals surface area contributed by atoms with Crippen LogP contribution in [-0.2, 0) is 6.54 Å². The second-order valence-electron chi connectivity index (χ2n) is 3.81. The summed E-state index contributed by atoms with van der Waals surface area (Å²) < 4.78 is 1.85. The highest BCUT2D eigenvalue weighted by Gasteiger charge is 2.04. The number of aromatic nitrogens is 3. The molecule has 0 saturated carbocycles. The Balaban J connectivity index is 2.36. The third kappa shape index (κ3) is 3.43. The van der Waals surface area contributed by atoms with Crippen LogP contribution in [0.4, 0.5) is 0 Å². The molecule has 0 fully saturated rings. The molecular formula is C9H19N5. The summed E-state index contributed by atoms with van der Waals surface area (Å²) >= 11 is 0. The molecule has 0 spiro atoms. The van der Waals surface area contributed by atoms with Crippen molar-refractivity contribution in [1.29, 1.82) is 0 Å². The number of hydrogen-bond donors (Lipinski definition) is 1. The Bertz CT molecular complexity index is 266. The van der Waals surface area contributed by atoms with Gasteiger partial charge in [0.25, 0.3) is 0 Å². The Kier molecular flexibility index (Phi) is 4.03. The Labute approximate surface area is 84.9 Å². The molecule has 1 aromatic rings. The molecule has 0 amide bonds. The van der Waals surface area contributed by atoms with E-state index in [1.165, 1.54) is 0 Å². The van der Waals surface area contributed by atoms with Gasteiger partial charge in [0.1, 0.15) is 6.33 Å². The van der Waals surface area contributed by atoms with Crippen LogP contribution in [0.1, 0.15) is 25.2 Å². The molecule has 0 saturated heterocycles. The molecule has 1 unspecified atom stereocenters. The lowest BCUT2D eigenvalue weighted by molar-refractivity contribution is 0.380. The number of nitrogens with two attached hydrogens (primary N) is 1. The first-order valence-electron chi connectivity index (χ1n) is 4.89. The van der Waals surface area contributed by atoms with Gasteiger partial charge in [-0.05, 0) is 34.0 Å². The molecule has 0 aliphatic carbocycles. The van der Waals surface area contributed by atoms with Crippen molar-refractivity contribution >= 4 is 0 Å². The first-order chi connectivity index (χ1) is 6.59. The summed E-state index contributed by atoms with van der Waals surface area (Å²) in [6.07, 6.45) is 2.82. The Morgan fingerprint density at radius 2 is 2.29 bits per heavy atom. The maximum absolute atomic E-state index is 5.66. The van der Waals surface area contributed by atoms with Crippen molar-refractivity contribution < 1.29 is 0 Å². The molecule has 1 heterocycles. The van der Waals surface area contributed by atoms with Crippen LogP contribution < -0.4 is 5.73 Å². The Morgan fingerprint density at radius 1 is 1.57 bits per heavy atom. The van der Waals surface area contributed by atoms with Gasteiger partial charge in [-0.2, -0.15) is 5.10 Å². The van der Waals surface area contributed by atoms with Gasteiger partial charge in [0.15, 0.2) is 5.82 Å². The molecule has 14 heavy (non-hydrogen) atoms. The van der Waals surface area contributed by atoms with Gasteiger partial charge < -0.3 is 10.6 Å². The third-order valence-electron chi connectivity index (χ3n) is 1.95. The molecule has 1 aromatic heterocycles. The number of hydrogen-bond acceptors (Lipinski definition) is 4. The highest BCUT2D eigenvalue weighted by atomic mass is 15.3. The van der Waals surface area contributed by atoms with Crippen molar-refractivity contribution in [3.05, 3.63) is 12.2 Å². The van der Waals surface area contributed by atoms with Gasteiger partial charge in [-0.25, -0.2) is 4.98 Å². The van der Waals surface area contributed by atoms with Gasteiger partial charge in [-0.15, -0.1) is 0 Å². The van der Waals surface area contributed by atoms with E-state index in [-0.39, 0.29) is 6.04 Å². The van der Waals surface area contributed by atoms with Gasteiger partial charge in [-0.1, -0.05) is 0 Å². The number of nitrogens with zero attached hydrogens (tertiary/aromatic N) is 4. The Hall–Kier alpha value is -0.940. The lowest BCUT2D eigenvalue weighted by Gasteiger charge is -2.08. The molecule has 5 nitrogen and oxygen atoms in total. The predicted molar refractivity (Wildman–Crippen MR) is 55.8 cm³/mol. The molecular weight excluding hydrogens is 178 g/mol. The molecule has 1 rings (SSSR count). The van der Waals surface area contributed by atoms with E-state index in [0.29, 0.717) is 0 Å². The molecule has 5 heteroatoms. The summed E-state index contributed by atoms with van der Waals surface area (Å²) in [5.41, 5.74) is 5.66. The van der Waals surface area contributed by atoms with E-state index in [1.54, 1.807) is 6.33 Å². The minimum absolute atomic E-state index is 0.0786. The highest BCUT2D eigenvalue weighted by Crippen LogP contribution is 2.01. The average molecular weight is 197 g/mol. The van der Waals surface area contributed by atoms with Crippen molar-refractivity contribution in [3.8, 4) is 0 Å². The van der Waals surface area contributed by atoms with Crippen LogP contribution in [0.3, 0.4) is 0 Å². The third-order valence-corrected chi connectivity index (χ3v) is 1.95. The zero-order valence-electron chi connectivity index (χ0n) is 9.14. The van der Waals surface area contributed by atoms with Crippen molar-refractivity contribution in [2.24, 2.45) is 5.73 Å². The average Bonchev–Trinajstić information content (AvgIpc) is 2.52. The zero-order valence-corrected chi connectivity index (χ0v) is 9.14. The summed E-state index contributed by atoms with van der Waals surface area (Å²) in [5, 5.41) is 4.27. The largest absolute Gasteiger partial charge is 0.321 e. The molecule has 80 valence electrons. The minimum Gasteiger partial charge on any atom is -0.321 e. The van der Waals surface area contributed by atoms with E-state index in [2.05, 4.69) is 29.1 Å². The van der Waals surface area contributed by atoms with Crippen molar-refractivity contribution in [2.75, 3.05) is 20.6 Å². The van der Waals surface area contributed by atoms with Crippen LogP contribution in [0.25, 0.3) is 0 Å². The molecule has 0 radical (unpaired) electrons. The quantitative estimate of drug-likeness (QED) is 0.735. The van der Waals surface area contributed by atoms with Gasteiger partial charge in [0.05, 0.1) is 6.04 Å². The van der Waals surface area contributed by atoms with E-state index < -0.39 is 0 Å². The Morgan fingerprint density at radius 3 is 2.79 bits per heavy atom. The summed E-state index contributed by atoms with van der Waals surface area (Å²) in [4.78, 5) is 6.28. The summed E-state index contributed by atoms with van der Waals surface area (Å²) in [6, 6.07) is -0.0786. The van der Waals surface area contributed by atoms with Crippen molar-refractivity contribution in [1.82, 2.24) is 19.7 Å². The van der Waals surface area contributed by atoms with Crippen LogP contribution in [0.15, 0.2) is 6.33 Å². The van der Waals surface area contributed by atoms with Crippen molar-refractivity contribution in [2.45, 2.75) is 25.9 Å². The fourth-order valence-corrected chi connectivity index (χ4v) is 1.17. The summed E-state index contributed by atoms with van der Waals surface area (Å²) in [5.74, 6) is 0.717. The van der Waals surface area contributed by atoms with Crippen molar-refractivity contribution in [3.63, 3.8) is 0 Å². The fourth-order valence-electron chi connectivity index (χ4n) is 1.17. The summed E-state index contributed by atoms with van der Waals surface area (Å²) in [6.45, 7) is 3.85. The maximum atomic E-state index is 5.66. The maximum Gasteiger partial charge on any atom is 0.166 e. The van der Waals surface area contributed by atoms with E-state index in [9.17, 15) is 0 Å². The number of rotatable bonds is 5.